The van der Waals surface area contributed by atoms with Crippen LogP contribution in [0.4, 0.5) is 11.4 Å². The van der Waals surface area contributed by atoms with Gasteiger partial charge in [-0.1, -0.05) is 47.5 Å². The zero-order valence-corrected chi connectivity index (χ0v) is 15.0. The zero-order valence-electron chi connectivity index (χ0n) is 13.5. The number of halogens is 2. The molecule has 0 fully saturated rings. The molecule has 0 bridgehead atoms. The van der Waals surface area contributed by atoms with Crippen molar-refractivity contribution in [3.8, 4) is 0 Å². The lowest BCUT2D eigenvalue weighted by Crippen LogP contribution is -2.14. The Hall–Kier alpha value is -2.82. The van der Waals surface area contributed by atoms with Crippen LogP contribution in [-0.2, 0) is 0 Å². The van der Waals surface area contributed by atoms with E-state index in [1.165, 1.54) is 12.1 Å². The van der Waals surface area contributed by atoms with Crippen molar-refractivity contribution in [1.29, 1.82) is 0 Å². The van der Waals surface area contributed by atoms with Gasteiger partial charge in [0.05, 0.1) is 0 Å². The monoisotopic (exact) mass is 384 g/mol. The van der Waals surface area contributed by atoms with Crippen LogP contribution in [0.3, 0.4) is 0 Å². The zero-order chi connectivity index (χ0) is 18.5. The van der Waals surface area contributed by atoms with Gasteiger partial charge in [0.25, 0.3) is 11.8 Å². The largest absolute Gasteiger partial charge is 0.322 e. The summed E-state index contributed by atoms with van der Waals surface area (Å²) in [6, 6.07) is 20.4. The van der Waals surface area contributed by atoms with Gasteiger partial charge in [-0.25, -0.2) is 0 Å². The SMILES string of the molecule is O=C(Nc1cccc(NC(=O)c2cc(Cl)cc(Cl)c2)c1)c1ccccc1. The third-order valence-electron chi connectivity index (χ3n) is 3.54. The predicted octanol–water partition coefficient (Wildman–Crippen LogP) is 5.50. The lowest BCUT2D eigenvalue weighted by molar-refractivity contribution is 0.101. The third-order valence-corrected chi connectivity index (χ3v) is 3.98. The Morgan fingerprint density at radius 2 is 1.15 bits per heavy atom. The van der Waals surface area contributed by atoms with Crippen LogP contribution in [0.2, 0.25) is 10.0 Å². The molecule has 0 heterocycles. The van der Waals surface area contributed by atoms with Gasteiger partial charge in [-0.15, -0.1) is 0 Å². The summed E-state index contributed by atoms with van der Waals surface area (Å²) in [5.41, 5.74) is 2.01. The number of anilines is 2. The highest BCUT2D eigenvalue weighted by Gasteiger charge is 2.10. The molecular formula is C20H14Cl2N2O2. The highest BCUT2D eigenvalue weighted by atomic mass is 35.5. The molecule has 130 valence electrons. The molecule has 0 aliphatic rings. The van der Waals surface area contributed by atoms with Crippen LogP contribution in [0.1, 0.15) is 20.7 Å². The second kappa shape index (κ2) is 8.04. The summed E-state index contributed by atoms with van der Waals surface area (Å²) >= 11 is 11.9. The van der Waals surface area contributed by atoms with Gasteiger partial charge >= 0.3 is 0 Å². The highest BCUT2D eigenvalue weighted by Crippen LogP contribution is 2.21. The molecule has 3 aromatic rings. The number of hydrogen-bond acceptors (Lipinski definition) is 2. The van der Waals surface area contributed by atoms with Crippen LogP contribution in [-0.4, -0.2) is 11.8 Å². The molecule has 0 unspecified atom stereocenters. The normalized spacial score (nSPS) is 10.2. The van der Waals surface area contributed by atoms with Gasteiger partial charge in [-0.05, 0) is 48.5 Å². The lowest BCUT2D eigenvalue weighted by atomic mass is 10.2. The van der Waals surface area contributed by atoms with Crippen molar-refractivity contribution in [2.75, 3.05) is 10.6 Å². The first kappa shape index (κ1) is 18.0. The fourth-order valence-corrected chi connectivity index (χ4v) is 2.88. The van der Waals surface area contributed by atoms with Crippen LogP contribution >= 0.6 is 23.2 Å². The van der Waals surface area contributed by atoms with E-state index >= 15 is 0 Å². The molecule has 3 rings (SSSR count). The van der Waals surface area contributed by atoms with E-state index < -0.39 is 0 Å². The standard InChI is InChI=1S/C20H14Cl2N2O2/c21-15-9-14(10-16(22)11-15)20(26)24-18-8-4-7-17(12-18)23-19(25)13-5-2-1-3-6-13/h1-12H,(H,23,25)(H,24,26). The summed E-state index contributed by atoms with van der Waals surface area (Å²) in [5, 5.41) is 6.32. The number of carbonyl (C=O) groups is 2. The van der Waals surface area contributed by atoms with E-state index in [2.05, 4.69) is 10.6 Å². The Labute approximate surface area is 160 Å². The number of nitrogens with one attached hydrogen (secondary N) is 2. The van der Waals surface area contributed by atoms with Crippen LogP contribution in [0.25, 0.3) is 0 Å². The number of carbonyl (C=O) groups excluding carboxylic acids is 2. The molecule has 0 aliphatic heterocycles. The van der Waals surface area contributed by atoms with Crippen LogP contribution < -0.4 is 10.6 Å². The molecule has 6 heteroatoms. The molecule has 0 aliphatic carbocycles. The maximum absolute atomic E-state index is 12.4. The van der Waals surface area contributed by atoms with Gasteiger partial charge in [0, 0.05) is 32.5 Å². The van der Waals surface area contributed by atoms with Crippen molar-refractivity contribution in [3.63, 3.8) is 0 Å². The predicted molar refractivity (Wildman–Crippen MR) is 105 cm³/mol. The maximum Gasteiger partial charge on any atom is 0.255 e. The van der Waals surface area contributed by atoms with Crippen molar-refractivity contribution in [2.45, 2.75) is 0 Å². The molecule has 0 saturated heterocycles. The van der Waals surface area contributed by atoms with E-state index in [1.807, 2.05) is 6.07 Å². The summed E-state index contributed by atoms with van der Waals surface area (Å²) in [6.07, 6.45) is 0. The quantitative estimate of drug-likeness (QED) is 0.623. The van der Waals surface area contributed by atoms with Crippen LogP contribution in [0.5, 0.6) is 0 Å². The van der Waals surface area contributed by atoms with E-state index in [0.717, 1.165) is 0 Å². The van der Waals surface area contributed by atoms with E-state index in [0.29, 0.717) is 32.5 Å². The van der Waals surface area contributed by atoms with Gasteiger partial charge < -0.3 is 10.6 Å². The second-order valence-corrected chi connectivity index (χ2v) is 6.39. The second-order valence-electron chi connectivity index (χ2n) is 5.51. The molecule has 2 amide bonds. The first-order chi connectivity index (χ1) is 12.5. The Balaban J connectivity index is 1.73. The minimum absolute atomic E-state index is 0.226. The Morgan fingerprint density at radius 3 is 1.73 bits per heavy atom. The molecule has 0 saturated carbocycles. The Morgan fingerprint density at radius 1 is 0.615 bits per heavy atom. The van der Waals surface area contributed by atoms with Gasteiger partial charge in [0.15, 0.2) is 0 Å². The number of amides is 2. The number of benzene rings is 3. The topological polar surface area (TPSA) is 58.2 Å². The Kier molecular flexibility index (Phi) is 5.56. The Bertz CT molecular complexity index is 939. The number of hydrogen-bond donors (Lipinski definition) is 2. The van der Waals surface area contributed by atoms with E-state index in [-0.39, 0.29) is 11.8 Å². The van der Waals surface area contributed by atoms with Gasteiger partial charge in [0.2, 0.25) is 0 Å². The summed E-state index contributed by atoms with van der Waals surface area (Å²) in [6.45, 7) is 0. The third kappa shape index (κ3) is 4.63. The smallest absolute Gasteiger partial charge is 0.255 e. The first-order valence-electron chi connectivity index (χ1n) is 7.75. The maximum atomic E-state index is 12.4. The first-order valence-corrected chi connectivity index (χ1v) is 8.51. The number of rotatable bonds is 4. The van der Waals surface area contributed by atoms with E-state index in [1.54, 1.807) is 54.6 Å². The van der Waals surface area contributed by atoms with Crippen molar-refractivity contribution in [1.82, 2.24) is 0 Å². The molecule has 0 radical (unpaired) electrons. The summed E-state index contributed by atoms with van der Waals surface area (Å²) < 4.78 is 0. The fraction of sp³-hybridized carbons (Fsp3) is 0. The van der Waals surface area contributed by atoms with Crippen molar-refractivity contribution >= 4 is 46.4 Å². The van der Waals surface area contributed by atoms with E-state index in [9.17, 15) is 9.59 Å². The molecule has 3 aromatic carbocycles. The van der Waals surface area contributed by atoms with Gasteiger partial charge in [0.1, 0.15) is 0 Å². The average molecular weight is 385 g/mol. The summed E-state index contributed by atoms with van der Waals surface area (Å²) in [7, 11) is 0. The summed E-state index contributed by atoms with van der Waals surface area (Å²) in [4.78, 5) is 24.6. The molecule has 0 aromatic heterocycles. The molecule has 2 N–H and O–H groups in total. The van der Waals surface area contributed by atoms with Crippen LogP contribution in [0.15, 0.2) is 72.8 Å². The fourth-order valence-electron chi connectivity index (χ4n) is 2.36. The lowest BCUT2D eigenvalue weighted by Gasteiger charge is -2.09. The molecule has 26 heavy (non-hydrogen) atoms. The van der Waals surface area contributed by atoms with Gasteiger partial charge in [-0.3, -0.25) is 9.59 Å². The molecule has 0 spiro atoms. The van der Waals surface area contributed by atoms with E-state index in [4.69, 9.17) is 23.2 Å². The van der Waals surface area contributed by atoms with Gasteiger partial charge in [-0.2, -0.15) is 0 Å². The molecule has 4 nitrogen and oxygen atoms in total. The highest BCUT2D eigenvalue weighted by molar-refractivity contribution is 6.35. The minimum atomic E-state index is -0.346. The van der Waals surface area contributed by atoms with Crippen LogP contribution in [0, 0.1) is 0 Å². The minimum Gasteiger partial charge on any atom is -0.322 e. The molecular weight excluding hydrogens is 371 g/mol. The van der Waals surface area contributed by atoms with Crippen molar-refractivity contribution in [3.05, 3.63) is 94.0 Å². The van der Waals surface area contributed by atoms with Crippen molar-refractivity contribution in [2.24, 2.45) is 0 Å². The average Bonchev–Trinajstić information content (AvgIpc) is 2.62. The van der Waals surface area contributed by atoms with Crippen molar-refractivity contribution < 1.29 is 9.59 Å². The summed E-state index contributed by atoms with van der Waals surface area (Å²) in [5.74, 6) is -0.573. The molecule has 0 atom stereocenters.